The highest BCUT2D eigenvalue weighted by molar-refractivity contribution is 7.80. The van der Waals surface area contributed by atoms with Crippen LogP contribution in [0.25, 0.3) is 0 Å². The van der Waals surface area contributed by atoms with Crippen LogP contribution in [0.15, 0.2) is 18.2 Å². The van der Waals surface area contributed by atoms with E-state index in [1.165, 1.54) is 7.11 Å². The van der Waals surface area contributed by atoms with Gasteiger partial charge in [-0.05, 0) is 29.9 Å². The highest BCUT2D eigenvalue weighted by Gasteiger charge is 2.01. The molecule has 0 unspecified atom stereocenters. The van der Waals surface area contributed by atoms with Crippen molar-refractivity contribution in [3.63, 3.8) is 0 Å². The van der Waals surface area contributed by atoms with Gasteiger partial charge in [0.1, 0.15) is 0 Å². The average molecular weight is 227 g/mol. The molecule has 0 atom stereocenters. The molecule has 82 valence electrons. The molecule has 0 fully saturated rings. The summed E-state index contributed by atoms with van der Waals surface area (Å²) in [6.45, 7) is 0.522. The Morgan fingerprint density at radius 2 is 2.33 bits per heavy atom. The van der Waals surface area contributed by atoms with E-state index in [0.717, 1.165) is 5.56 Å². The molecule has 0 radical (unpaired) electrons. The van der Waals surface area contributed by atoms with Crippen LogP contribution in [0.5, 0.6) is 11.5 Å². The second-order valence-corrected chi connectivity index (χ2v) is 3.29. The highest BCUT2D eigenvalue weighted by atomic mass is 32.1. The quantitative estimate of drug-likeness (QED) is 0.436. The standard InChI is InChI=1S/C9H13N3O2S/c1-14-8-4-6(2-3-7(8)13)5-11-12-9(10)15/h2-4,11,13H,5H2,1H3,(H3,10,12,15). The zero-order valence-corrected chi connectivity index (χ0v) is 9.10. The largest absolute Gasteiger partial charge is 0.504 e. The van der Waals surface area contributed by atoms with Crippen molar-refractivity contribution in [1.82, 2.24) is 10.9 Å². The van der Waals surface area contributed by atoms with Crippen LogP contribution in [0.3, 0.4) is 0 Å². The lowest BCUT2D eigenvalue weighted by Gasteiger charge is -2.08. The molecule has 5 N–H and O–H groups in total. The molecule has 0 bridgehead atoms. The zero-order valence-electron chi connectivity index (χ0n) is 8.28. The first kappa shape index (κ1) is 11.5. The Morgan fingerprint density at radius 1 is 1.60 bits per heavy atom. The van der Waals surface area contributed by atoms with Gasteiger partial charge in [-0.2, -0.15) is 0 Å². The van der Waals surface area contributed by atoms with E-state index in [9.17, 15) is 5.11 Å². The molecular weight excluding hydrogens is 214 g/mol. The van der Waals surface area contributed by atoms with Gasteiger partial charge in [-0.1, -0.05) is 6.07 Å². The van der Waals surface area contributed by atoms with Crippen molar-refractivity contribution in [2.75, 3.05) is 7.11 Å². The van der Waals surface area contributed by atoms with E-state index in [1.54, 1.807) is 18.2 Å². The maximum absolute atomic E-state index is 9.35. The summed E-state index contributed by atoms with van der Waals surface area (Å²) < 4.78 is 4.96. The van der Waals surface area contributed by atoms with Crippen molar-refractivity contribution in [2.24, 2.45) is 5.73 Å². The predicted molar refractivity (Wildman–Crippen MR) is 61.4 cm³/mol. The minimum absolute atomic E-state index is 0.114. The number of methoxy groups -OCH3 is 1. The molecule has 6 heteroatoms. The second kappa shape index (κ2) is 5.38. The van der Waals surface area contributed by atoms with E-state index >= 15 is 0 Å². The topological polar surface area (TPSA) is 79.5 Å². The van der Waals surface area contributed by atoms with Gasteiger partial charge in [0, 0.05) is 6.54 Å². The molecule has 0 aliphatic rings. The normalized spacial score (nSPS) is 9.67. The summed E-state index contributed by atoms with van der Waals surface area (Å²) in [5.41, 5.74) is 11.6. The predicted octanol–water partition coefficient (Wildman–Crippen LogP) is 0.239. The molecule has 5 nitrogen and oxygen atoms in total. The van der Waals surface area contributed by atoms with Crippen LogP contribution in [-0.4, -0.2) is 17.3 Å². The Bertz CT molecular complexity index is 357. The number of phenolic OH excluding ortho intramolecular Hbond substituents is 1. The summed E-state index contributed by atoms with van der Waals surface area (Å²) >= 11 is 4.62. The third-order valence-corrected chi connectivity index (χ3v) is 1.85. The monoisotopic (exact) mass is 227 g/mol. The minimum Gasteiger partial charge on any atom is -0.504 e. The maximum Gasteiger partial charge on any atom is 0.178 e. The van der Waals surface area contributed by atoms with Crippen molar-refractivity contribution < 1.29 is 9.84 Å². The first-order valence-corrected chi connectivity index (χ1v) is 4.68. The lowest BCUT2D eigenvalue weighted by Crippen LogP contribution is -2.40. The number of hydrazine groups is 1. The minimum atomic E-state index is 0.114. The van der Waals surface area contributed by atoms with Gasteiger partial charge in [0.15, 0.2) is 16.6 Å². The fourth-order valence-corrected chi connectivity index (χ4v) is 1.14. The van der Waals surface area contributed by atoms with Crippen molar-refractivity contribution >= 4 is 17.3 Å². The van der Waals surface area contributed by atoms with E-state index < -0.39 is 0 Å². The van der Waals surface area contributed by atoms with E-state index in [1.807, 2.05) is 0 Å². The summed E-state index contributed by atoms with van der Waals surface area (Å²) in [4.78, 5) is 0. The zero-order chi connectivity index (χ0) is 11.3. The third-order valence-electron chi connectivity index (χ3n) is 1.75. The smallest absolute Gasteiger partial charge is 0.178 e. The third kappa shape index (κ3) is 3.61. The Balaban J connectivity index is 2.58. The van der Waals surface area contributed by atoms with Gasteiger partial charge >= 0.3 is 0 Å². The lowest BCUT2D eigenvalue weighted by atomic mass is 10.2. The Morgan fingerprint density at radius 3 is 2.93 bits per heavy atom. The van der Waals surface area contributed by atoms with Crippen molar-refractivity contribution in [3.8, 4) is 11.5 Å². The first-order valence-electron chi connectivity index (χ1n) is 4.27. The molecule has 0 saturated carbocycles. The van der Waals surface area contributed by atoms with Crippen molar-refractivity contribution in [2.45, 2.75) is 6.54 Å². The van der Waals surface area contributed by atoms with Crippen LogP contribution in [0, 0.1) is 0 Å². The van der Waals surface area contributed by atoms with Gasteiger partial charge in [0.25, 0.3) is 0 Å². The van der Waals surface area contributed by atoms with Gasteiger partial charge in [-0.3, -0.25) is 5.43 Å². The molecule has 1 aromatic carbocycles. The molecule has 1 rings (SSSR count). The summed E-state index contributed by atoms with van der Waals surface area (Å²) in [7, 11) is 1.50. The average Bonchev–Trinajstić information content (AvgIpc) is 2.20. The SMILES string of the molecule is COc1cc(CNNC(N)=S)ccc1O. The van der Waals surface area contributed by atoms with Crippen molar-refractivity contribution in [3.05, 3.63) is 23.8 Å². The number of hydrogen-bond acceptors (Lipinski definition) is 4. The second-order valence-electron chi connectivity index (χ2n) is 2.85. The number of nitrogens with one attached hydrogen (secondary N) is 2. The van der Waals surface area contributed by atoms with Crippen LogP contribution < -0.4 is 21.3 Å². The number of hydrogen-bond donors (Lipinski definition) is 4. The fourth-order valence-electron chi connectivity index (χ4n) is 1.07. The van der Waals surface area contributed by atoms with Crippen LogP contribution in [0.2, 0.25) is 0 Å². The van der Waals surface area contributed by atoms with E-state index in [-0.39, 0.29) is 10.9 Å². The van der Waals surface area contributed by atoms with Crippen LogP contribution in [0.4, 0.5) is 0 Å². The first-order chi connectivity index (χ1) is 7.13. The molecule has 0 aromatic heterocycles. The van der Waals surface area contributed by atoms with Crippen molar-refractivity contribution in [1.29, 1.82) is 0 Å². The number of thiocarbonyl (C=S) groups is 1. The summed E-state index contributed by atoms with van der Waals surface area (Å²) in [5.74, 6) is 0.549. The van der Waals surface area contributed by atoms with Crippen LogP contribution >= 0.6 is 12.2 Å². The van der Waals surface area contributed by atoms with E-state index in [0.29, 0.717) is 12.3 Å². The molecule has 0 aliphatic carbocycles. The molecule has 15 heavy (non-hydrogen) atoms. The Labute approximate surface area is 93.2 Å². The molecule has 0 saturated heterocycles. The summed E-state index contributed by atoms with van der Waals surface area (Å²) in [5, 5.41) is 9.53. The number of ether oxygens (including phenoxy) is 1. The maximum atomic E-state index is 9.35. The number of benzene rings is 1. The van der Waals surface area contributed by atoms with Crippen LogP contribution in [0.1, 0.15) is 5.56 Å². The molecule has 0 amide bonds. The van der Waals surface area contributed by atoms with Gasteiger partial charge in [-0.25, -0.2) is 5.43 Å². The number of aromatic hydroxyl groups is 1. The van der Waals surface area contributed by atoms with Crippen LogP contribution in [-0.2, 0) is 6.54 Å². The highest BCUT2D eigenvalue weighted by Crippen LogP contribution is 2.25. The number of phenols is 1. The molecule has 0 aliphatic heterocycles. The molecule has 1 aromatic rings. The van der Waals surface area contributed by atoms with E-state index in [4.69, 9.17) is 10.5 Å². The molecular formula is C9H13N3O2S. The lowest BCUT2D eigenvalue weighted by molar-refractivity contribution is 0.372. The molecule has 0 spiro atoms. The summed E-state index contributed by atoms with van der Waals surface area (Å²) in [6, 6.07) is 5.06. The van der Waals surface area contributed by atoms with Gasteiger partial charge in [0.2, 0.25) is 0 Å². The van der Waals surface area contributed by atoms with Gasteiger partial charge < -0.3 is 15.6 Å². The number of nitrogens with two attached hydrogens (primary N) is 1. The fraction of sp³-hybridized carbons (Fsp3) is 0.222. The van der Waals surface area contributed by atoms with Gasteiger partial charge in [0.05, 0.1) is 7.11 Å². The Kier molecular flexibility index (Phi) is 4.14. The van der Waals surface area contributed by atoms with Gasteiger partial charge in [-0.15, -0.1) is 0 Å². The number of rotatable bonds is 4. The van der Waals surface area contributed by atoms with E-state index in [2.05, 4.69) is 23.1 Å². The molecule has 0 heterocycles. The summed E-state index contributed by atoms with van der Waals surface area (Å²) in [6.07, 6.45) is 0. The Hall–Kier alpha value is -1.53.